The molecular formula is C11H15ClN2O3S. The van der Waals surface area contributed by atoms with Gasteiger partial charge in [0.1, 0.15) is 9.84 Å². The Balaban J connectivity index is 2.84. The van der Waals surface area contributed by atoms with Crippen molar-refractivity contribution in [3.8, 4) is 0 Å². The lowest BCUT2D eigenvalue weighted by atomic mass is 10.2. The van der Waals surface area contributed by atoms with Crippen LogP contribution in [0.15, 0.2) is 18.2 Å². The number of nitrogens with zero attached hydrogens (tertiary/aromatic N) is 1. The summed E-state index contributed by atoms with van der Waals surface area (Å²) in [7, 11) is -1.58. The van der Waals surface area contributed by atoms with Gasteiger partial charge in [0, 0.05) is 19.8 Å². The minimum Gasteiger partial charge on any atom is -0.398 e. The van der Waals surface area contributed by atoms with Gasteiger partial charge < -0.3 is 10.6 Å². The zero-order valence-corrected chi connectivity index (χ0v) is 11.8. The smallest absolute Gasteiger partial charge is 0.255 e. The van der Waals surface area contributed by atoms with Crippen LogP contribution in [0, 0.1) is 0 Å². The molecule has 18 heavy (non-hydrogen) atoms. The van der Waals surface area contributed by atoms with Gasteiger partial charge in [-0.05, 0) is 12.1 Å². The third-order valence-corrected chi connectivity index (χ3v) is 3.75. The number of amides is 1. The second-order valence-corrected chi connectivity index (χ2v) is 6.70. The SMILES string of the molecule is CN(CCS(C)(=O)=O)C(=O)c1cccc(N)c1Cl. The molecule has 1 rings (SSSR count). The molecule has 1 amide bonds. The number of carbonyl (C=O) groups excluding carboxylic acids is 1. The zero-order chi connectivity index (χ0) is 13.9. The predicted octanol–water partition coefficient (Wildman–Crippen LogP) is 1.04. The monoisotopic (exact) mass is 290 g/mol. The summed E-state index contributed by atoms with van der Waals surface area (Å²) in [5.41, 5.74) is 6.19. The van der Waals surface area contributed by atoms with Crippen molar-refractivity contribution in [2.75, 3.05) is 31.3 Å². The molecule has 0 saturated carbocycles. The van der Waals surface area contributed by atoms with E-state index in [0.29, 0.717) is 5.69 Å². The van der Waals surface area contributed by atoms with Gasteiger partial charge in [0.2, 0.25) is 0 Å². The minimum absolute atomic E-state index is 0.0881. The predicted molar refractivity (Wildman–Crippen MR) is 72.5 cm³/mol. The first-order valence-electron chi connectivity index (χ1n) is 5.19. The van der Waals surface area contributed by atoms with E-state index < -0.39 is 9.84 Å². The van der Waals surface area contributed by atoms with Gasteiger partial charge in [-0.15, -0.1) is 0 Å². The maximum atomic E-state index is 12.0. The Kier molecular flexibility index (Phi) is 4.59. The lowest BCUT2D eigenvalue weighted by molar-refractivity contribution is 0.0803. The van der Waals surface area contributed by atoms with Gasteiger partial charge in [0.15, 0.2) is 0 Å². The molecule has 0 aliphatic rings. The Hall–Kier alpha value is -1.27. The number of benzene rings is 1. The van der Waals surface area contributed by atoms with Crippen molar-refractivity contribution in [3.63, 3.8) is 0 Å². The number of halogens is 1. The topological polar surface area (TPSA) is 80.5 Å². The number of nitrogen functional groups attached to an aromatic ring is 1. The minimum atomic E-state index is -3.10. The van der Waals surface area contributed by atoms with Crippen LogP contribution in [-0.2, 0) is 9.84 Å². The normalized spacial score (nSPS) is 11.3. The maximum Gasteiger partial charge on any atom is 0.255 e. The van der Waals surface area contributed by atoms with Crippen molar-refractivity contribution < 1.29 is 13.2 Å². The van der Waals surface area contributed by atoms with Crippen molar-refractivity contribution >= 4 is 33.0 Å². The number of sulfone groups is 1. The summed E-state index contributed by atoms with van der Waals surface area (Å²) in [5.74, 6) is -0.439. The van der Waals surface area contributed by atoms with Crippen LogP contribution in [0.2, 0.25) is 5.02 Å². The molecule has 0 radical (unpaired) electrons. The van der Waals surface area contributed by atoms with Crippen LogP contribution in [-0.4, -0.2) is 44.8 Å². The third kappa shape index (κ3) is 3.89. The average molecular weight is 291 g/mol. The first kappa shape index (κ1) is 14.8. The fourth-order valence-electron chi connectivity index (χ4n) is 1.32. The van der Waals surface area contributed by atoms with E-state index in [1.54, 1.807) is 18.2 Å². The second-order valence-electron chi connectivity index (χ2n) is 4.07. The van der Waals surface area contributed by atoms with Crippen molar-refractivity contribution in [1.29, 1.82) is 0 Å². The molecule has 0 fully saturated rings. The van der Waals surface area contributed by atoms with Crippen molar-refractivity contribution in [1.82, 2.24) is 4.90 Å². The molecule has 2 N–H and O–H groups in total. The highest BCUT2D eigenvalue weighted by Gasteiger charge is 2.17. The molecule has 0 aliphatic carbocycles. The molecule has 1 aromatic carbocycles. The van der Waals surface area contributed by atoms with Gasteiger partial charge in [-0.3, -0.25) is 4.79 Å². The number of nitrogens with two attached hydrogens (primary N) is 1. The number of carbonyl (C=O) groups is 1. The highest BCUT2D eigenvalue weighted by Crippen LogP contribution is 2.23. The number of rotatable bonds is 4. The lowest BCUT2D eigenvalue weighted by Gasteiger charge is -2.17. The van der Waals surface area contributed by atoms with Crippen LogP contribution in [0.5, 0.6) is 0 Å². The molecule has 0 saturated heterocycles. The summed E-state index contributed by atoms with van der Waals surface area (Å²) in [5, 5.41) is 0.189. The Morgan fingerprint density at radius 1 is 1.44 bits per heavy atom. The van der Waals surface area contributed by atoms with Crippen LogP contribution in [0.25, 0.3) is 0 Å². The molecule has 0 heterocycles. The summed E-state index contributed by atoms with van der Waals surface area (Å²) in [6, 6.07) is 4.77. The zero-order valence-electron chi connectivity index (χ0n) is 10.2. The molecule has 100 valence electrons. The molecule has 0 unspecified atom stereocenters. The van der Waals surface area contributed by atoms with E-state index in [1.165, 1.54) is 11.9 Å². The third-order valence-electron chi connectivity index (χ3n) is 2.40. The molecule has 0 bridgehead atoms. The van der Waals surface area contributed by atoms with Crippen molar-refractivity contribution in [3.05, 3.63) is 28.8 Å². The first-order valence-corrected chi connectivity index (χ1v) is 7.63. The number of hydrogen-bond donors (Lipinski definition) is 1. The molecule has 0 aliphatic heterocycles. The largest absolute Gasteiger partial charge is 0.398 e. The van der Waals surface area contributed by atoms with E-state index in [0.717, 1.165) is 6.26 Å². The van der Waals surface area contributed by atoms with Crippen LogP contribution in [0.3, 0.4) is 0 Å². The standard InChI is InChI=1S/C11H15ClN2O3S/c1-14(6-7-18(2,16)17)11(15)8-4-3-5-9(13)10(8)12/h3-5H,6-7,13H2,1-2H3. The van der Waals surface area contributed by atoms with E-state index in [1.807, 2.05) is 0 Å². The van der Waals surface area contributed by atoms with Gasteiger partial charge in [-0.1, -0.05) is 17.7 Å². The summed E-state index contributed by atoms with van der Waals surface area (Å²) in [4.78, 5) is 13.3. The van der Waals surface area contributed by atoms with Gasteiger partial charge in [-0.2, -0.15) is 0 Å². The van der Waals surface area contributed by atoms with Crippen LogP contribution >= 0.6 is 11.6 Å². The Bertz CT molecular complexity index is 557. The van der Waals surface area contributed by atoms with Crippen LogP contribution < -0.4 is 5.73 Å². The highest BCUT2D eigenvalue weighted by molar-refractivity contribution is 7.90. The summed E-state index contributed by atoms with van der Waals surface area (Å²) in [6.07, 6.45) is 1.12. The quantitative estimate of drug-likeness (QED) is 0.840. The van der Waals surface area contributed by atoms with Gasteiger partial charge >= 0.3 is 0 Å². The van der Waals surface area contributed by atoms with Crippen LogP contribution in [0.4, 0.5) is 5.69 Å². The summed E-state index contributed by atoms with van der Waals surface area (Å²) < 4.78 is 22.1. The van der Waals surface area contributed by atoms with Crippen molar-refractivity contribution in [2.45, 2.75) is 0 Å². The van der Waals surface area contributed by atoms with Gasteiger partial charge in [0.05, 0.1) is 22.0 Å². The number of anilines is 1. The molecule has 0 spiro atoms. The van der Waals surface area contributed by atoms with Crippen LogP contribution in [0.1, 0.15) is 10.4 Å². The van der Waals surface area contributed by atoms with E-state index >= 15 is 0 Å². The molecule has 7 heteroatoms. The van der Waals surface area contributed by atoms with E-state index in [2.05, 4.69) is 0 Å². The van der Waals surface area contributed by atoms with Crippen molar-refractivity contribution in [2.24, 2.45) is 0 Å². The second kappa shape index (κ2) is 5.58. The van der Waals surface area contributed by atoms with E-state index in [9.17, 15) is 13.2 Å². The average Bonchev–Trinajstić information content (AvgIpc) is 2.28. The summed E-state index contributed by atoms with van der Waals surface area (Å²) >= 11 is 5.93. The van der Waals surface area contributed by atoms with E-state index in [-0.39, 0.29) is 28.8 Å². The first-order chi connectivity index (χ1) is 8.22. The fraction of sp³-hybridized carbons (Fsp3) is 0.364. The Labute approximate surface area is 111 Å². The highest BCUT2D eigenvalue weighted by atomic mass is 35.5. The lowest BCUT2D eigenvalue weighted by Crippen LogP contribution is -2.31. The molecular weight excluding hydrogens is 276 g/mol. The van der Waals surface area contributed by atoms with Gasteiger partial charge in [0.25, 0.3) is 5.91 Å². The molecule has 1 aromatic rings. The fourth-order valence-corrected chi connectivity index (χ4v) is 2.14. The molecule has 0 aromatic heterocycles. The summed E-state index contributed by atoms with van der Waals surface area (Å²) in [6.45, 7) is 0.114. The van der Waals surface area contributed by atoms with E-state index in [4.69, 9.17) is 17.3 Å². The Morgan fingerprint density at radius 2 is 2.06 bits per heavy atom. The molecule has 0 atom stereocenters. The van der Waals surface area contributed by atoms with Gasteiger partial charge in [-0.25, -0.2) is 8.42 Å². The maximum absolute atomic E-state index is 12.0. The Morgan fingerprint density at radius 3 is 2.61 bits per heavy atom. The number of hydrogen-bond acceptors (Lipinski definition) is 4. The molecule has 5 nitrogen and oxygen atoms in total.